The Bertz CT molecular complexity index is 276. The van der Waals surface area contributed by atoms with Gasteiger partial charge in [0, 0.05) is 26.1 Å². The van der Waals surface area contributed by atoms with Gasteiger partial charge < -0.3 is 15.4 Å². The number of hydrogen-bond acceptors (Lipinski definition) is 3. The van der Waals surface area contributed by atoms with Crippen molar-refractivity contribution in [1.82, 2.24) is 10.6 Å². The van der Waals surface area contributed by atoms with Gasteiger partial charge >= 0.3 is 5.97 Å². The minimum absolute atomic E-state index is 0.131. The van der Waals surface area contributed by atoms with Crippen molar-refractivity contribution in [3.05, 3.63) is 0 Å². The number of hydrogen-bond donors (Lipinski definition) is 2. The van der Waals surface area contributed by atoms with Gasteiger partial charge in [-0.25, -0.2) is 0 Å². The molecule has 0 rings (SSSR count). The Hall–Kier alpha value is -1.26. The fourth-order valence-corrected chi connectivity index (χ4v) is 1.78. The molecular weight excluding hydrogens is 254 g/mol. The lowest BCUT2D eigenvalue weighted by Gasteiger charge is -2.13. The van der Waals surface area contributed by atoms with E-state index < -0.39 is 0 Å². The number of carbonyl (C=O) groups is 1. The molecule has 0 saturated carbocycles. The van der Waals surface area contributed by atoms with E-state index in [0.29, 0.717) is 18.9 Å². The molecular formula is C15H31N3O2. The first kappa shape index (κ1) is 18.7. The van der Waals surface area contributed by atoms with Crippen molar-refractivity contribution in [3.63, 3.8) is 0 Å². The number of nitrogens with zero attached hydrogens (tertiary/aromatic N) is 1. The van der Waals surface area contributed by atoms with Crippen molar-refractivity contribution < 1.29 is 9.53 Å². The Morgan fingerprint density at radius 2 is 1.85 bits per heavy atom. The fourth-order valence-electron chi connectivity index (χ4n) is 1.78. The summed E-state index contributed by atoms with van der Waals surface area (Å²) in [5.74, 6) is 1.35. The molecule has 20 heavy (non-hydrogen) atoms. The summed E-state index contributed by atoms with van der Waals surface area (Å²) in [4.78, 5) is 15.8. The van der Waals surface area contributed by atoms with Crippen molar-refractivity contribution in [2.75, 3.05) is 26.2 Å². The average Bonchev–Trinajstić information content (AvgIpc) is 2.44. The maximum absolute atomic E-state index is 11.2. The summed E-state index contributed by atoms with van der Waals surface area (Å²) >= 11 is 0. The van der Waals surface area contributed by atoms with E-state index in [1.54, 1.807) is 0 Å². The Morgan fingerprint density at radius 1 is 1.15 bits per heavy atom. The van der Waals surface area contributed by atoms with Crippen LogP contribution in [0.4, 0.5) is 0 Å². The van der Waals surface area contributed by atoms with Gasteiger partial charge in [0.2, 0.25) is 0 Å². The van der Waals surface area contributed by atoms with Crippen LogP contribution in [0, 0.1) is 5.92 Å². The first-order valence-electron chi connectivity index (χ1n) is 7.85. The highest BCUT2D eigenvalue weighted by atomic mass is 16.5. The van der Waals surface area contributed by atoms with Gasteiger partial charge in [0.15, 0.2) is 5.96 Å². The predicted octanol–water partition coefficient (Wildman–Crippen LogP) is 2.32. The van der Waals surface area contributed by atoms with Gasteiger partial charge in [-0.1, -0.05) is 26.7 Å². The molecule has 0 aromatic carbocycles. The summed E-state index contributed by atoms with van der Waals surface area (Å²) in [6.45, 7) is 11.1. The molecule has 0 heterocycles. The van der Waals surface area contributed by atoms with Gasteiger partial charge in [-0.15, -0.1) is 0 Å². The van der Waals surface area contributed by atoms with Crippen LogP contribution in [0.25, 0.3) is 0 Å². The lowest BCUT2D eigenvalue weighted by Crippen LogP contribution is -2.38. The Balaban J connectivity index is 4.01. The predicted molar refractivity (Wildman–Crippen MR) is 83.9 cm³/mol. The van der Waals surface area contributed by atoms with Gasteiger partial charge in [0.05, 0.1) is 6.61 Å². The Labute approximate surface area is 123 Å². The molecule has 0 radical (unpaired) electrons. The van der Waals surface area contributed by atoms with Crippen LogP contribution in [-0.2, 0) is 9.53 Å². The highest BCUT2D eigenvalue weighted by molar-refractivity contribution is 5.79. The molecule has 118 valence electrons. The van der Waals surface area contributed by atoms with Crippen LogP contribution < -0.4 is 10.6 Å². The van der Waals surface area contributed by atoms with E-state index in [2.05, 4.69) is 29.5 Å². The lowest BCUT2D eigenvalue weighted by molar-refractivity contribution is -0.143. The molecule has 0 aromatic heterocycles. The van der Waals surface area contributed by atoms with E-state index in [4.69, 9.17) is 4.74 Å². The second-order valence-corrected chi connectivity index (χ2v) is 4.74. The second-order valence-electron chi connectivity index (χ2n) is 4.74. The van der Waals surface area contributed by atoms with Gasteiger partial charge in [0.1, 0.15) is 0 Å². The zero-order valence-electron chi connectivity index (χ0n) is 13.5. The molecule has 0 spiro atoms. The van der Waals surface area contributed by atoms with Crippen molar-refractivity contribution in [2.24, 2.45) is 10.9 Å². The molecule has 0 atom stereocenters. The summed E-state index contributed by atoms with van der Waals surface area (Å²) in [7, 11) is 0. The molecule has 0 aliphatic rings. The largest absolute Gasteiger partial charge is 0.466 e. The number of rotatable bonds is 10. The minimum atomic E-state index is -0.131. The van der Waals surface area contributed by atoms with Crippen LogP contribution in [0.3, 0.4) is 0 Å². The SMILES string of the molecule is CCNC(=NCC(CC)CC)NCCCC(=O)OCC. The van der Waals surface area contributed by atoms with Crippen LogP contribution in [0.2, 0.25) is 0 Å². The zero-order chi connectivity index (χ0) is 15.2. The van der Waals surface area contributed by atoms with Crippen molar-refractivity contribution in [3.8, 4) is 0 Å². The van der Waals surface area contributed by atoms with E-state index in [-0.39, 0.29) is 5.97 Å². The summed E-state index contributed by atoms with van der Waals surface area (Å²) in [6.07, 6.45) is 3.52. The topological polar surface area (TPSA) is 62.7 Å². The van der Waals surface area contributed by atoms with E-state index in [9.17, 15) is 4.79 Å². The highest BCUT2D eigenvalue weighted by Crippen LogP contribution is 2.07. The van der Waals surface area contributed by atoms with Crippen molar-refractivity contribution in [1.29, 1.82) is 0 Å². The Morgan fingerprint density at radius 3 is 2.40 bits per heavy atom. The van der Waals surface area contributed by atoms with E-state index >= 15 is 0 Å². The smallest absolute Gasteiger partial charge is 0.305 e. The quantitative estimate of drug-likeness (QED) is 0.280. The number of guanidine groups is 1. The molecule has 0 bridgehead atoms. The van der Waals surface area contributed by atoms with Crippen LogP contribution >= 0.6 is 0 Å². The molecule has 0 aromatic rings. The van der Waals surface area contributed by atoms with E-state index in [1.165, 1.54) is 0 Å². The monoisotopic (exact) mass is 285 g/mol. The maximum Gasteiger partial charge on any atom is 0.305 e. The van der Waals surface area contributed by atoms with E-state index in [1.807, 2.05) is 13.8 Å². The summed E-state index contributed by atoms with van der Waals surface area (Å²) < 4.78 is 4.89. The van der Waals surface area contributed by atoms with Crippen molar-refractivity contribution in [2.45, 2.75) is 53.4 Å². The molecule has 5 nitrogen and oxygen atoms in total. The van der Waals surface area contributed by atoms with Crippen LogP contribution in [-0.4, -0.2) is 38.2 Å². The molecule has 0 aliphatic heterocycles. The lowest BCUT2D eigenvalue weighted by atomic mass is 10.0. The fraction of sp³-hybridized carbons (Fsp3) is 0.867. The van der Waals surface area contributed by atoms with Crippen molar-refractivity contribution >= 4 is 11.9 Å². The molecule has 0 saturated heterocycles. The summed E-state index contributed by atoms with van der Waals surface area (Å²) in [5, 5.41) is 6.47. The summed E-state index contributed by atoms with van der Waals surface area (Å²) in [5.41, 5.74) is 0. The third-order valence-electron chi connectivity index (χ3n) is 3.16. The number of esters is 1. The first-order chi connectivity index (χ1) is 9.67. The van der Waals surface area contributed by atoms with Gasteiger partial charge in [-0.05, 0) is 26.2 Å². The Kier molecular flexibility index (Phi) is 12.0. The molecule has 2 N–H and O–H groups in total. The highest BCUT2D eigenvalue weighted by Gasteiger charge is 2.04. The average molecular weight is 285 g/mol. The second kappa shape index (κ2) is 12.8. The molecule has 0 amide bonds. The molecule has 0 fully saturated rings. The van der Waals surface area contributed by atoms with Crippen LogP contribution in [0.1, 0.15) is 53.4 Å². The number of ether oxygens (including phenoxy) is 1. The number of nitrogens with one attached hydrogen (secondary N) is 2. The third-order valence-corrected chi connectivity index (χ3v) is 3.16. The zero-order valence-corrected chi connectivity index (χ0v) is 13.5. The van der Waals surface area contributed by atoms with Crippen LogP contribution in [0.15, 0.2) is 4.99 Å². The third kappa shape index (κ3) is 9.64. The minimum Gasteiger partial charge on any atom is -0.466 e. The van der Waals surface area contributed by atoms with Gasteiger partial charge in [0.25, 0.3) is 0 Å². The number of aliphatic imine (C=N–C) groups is 1. The normalized spacial score (nSPS) is 11.6. The van der Waals surface area contributed by atoms with Gasteiger partial charge in [-0.3, -0.25) is 9.79 Å². The van der Waals surface area contributed by atoms with Crippen LogP contribution in [0.5, 0.6) is 0 Å². The maximum atomic E-state index is 11.2. The van der Waals surface area contributed by atoms with E-state index in [0.717, 1.165) is 44.9 Å². The summed E-state index contributed by atoms with van der Waals surface area (Å²) in [6, 6.07) is 0. The van der Waals surface area contributed by atoms with Gasteiger partial charge in [-0.2, -0.15) is 0 Å². The first-order valence-corrected chi connectivity index (χ1v) is 7.85. The standard InChI is InChI=1S/C15H31N3O2/c1-5-13(6-2)12-18-15(16-7-3)17-11-9-10-14(19)20-8-4/h13H,5-12H2,1-4H3,(H2,16,17,18). The molecule has 0 unspecified atom stereocenters. The number of carbonyl (C=O) groups excluding carboxylic acids is 1. The molecule has 0 aliphatic carbocycles. The molecule has 5 heteroatoms.